The predicted molar refractivity (Wildman–Crippen MR) is 64.6 cm³/mol. The molecule has 0 saturated carbocycles. The lowest BCUT2D eigenvalue weighted by atomic mass is 10.2. The molecule has 80 valence electrons. The van der Waals surface area contributed by atoms with Gasteiger partial charge in [-0.1, -0.05) is 33.1 Å². The summed E-state index contributed by atoms with van der Waals surface area (Å²) >= 11 is 2.06. The van der Waals surface area contributed by atoms with E-state index in [4.69, 9.17) is 0 Å². The minimum absolute atomic E-state index is 1.19. The second kappa shape index (κ2) is 12.3. The Morgan fingerprint density at radius 3 is 2.38 bits per heavy atom. The Morgan fingerprint density at radius 2 is 1.69 bits per heavy atom. The van der Waals surface area contributed by atoms with Crippen molar-refractivity contribution in [2.24, 2.45) is 0 Å². The molecule has 0 aliphatic heterocycles. The predicted octanol–water partition coefficient (Wildman–Crippen LogP) is 3.30. The molecule has 0 amide bonds. The van der Waals surface area contributed by atoms with Crippen molar-refractivity contribution in [2.75, 3.05) is 24.6 Å². The SMILES string of the molecule is CCCCCCNCCSCCC. The van der Waals surface area contributed by atoms with E-state index >= 15 is 0 Å². The summed E-state index contributed by atoms with van der Waals surface area (Å²) in [6.07, 6.45) is 6.79. The topological polar surface area (TPSA) is 12.0 Å². The smallest absolute Gasteiger partial charge is 0.00580 e. The van der Waals surface area contributed by atoms with E-state index in [2.05, 4.69) is 30.9 Å². The second-order valence-electron chi connectivity index (χ2n) is 3.42. The van der Waals surface area contributed by atoms with Crippen molar-refractivity contribution < 1.29 is 0 Å². The lowest BCUT2D eigenvalue weighted by molar-refractivity contribution is 0.613. The van der Waals surface area contributed by atoms with Crippen LogP contribution < -0.4 is 5.32 Å². The average Bonchev–Trinajstić information content (AvgIpc) is 2.16. The highest BCUT2D eigenvalue weighted by Crippen LogP contribution is 2.00. The third-order valence-corrected chi connectivity index (χ3v) is 3.17. The minimum atomic E-state index is 1.19. The summed E-state index contributed by atoms with van der Waals surface area (Å²) in [6, 6.07) is 0. The van der Waals surface area contributed by atoms with E-state index in [0.29, 0.717) is 0 Å². The fraction of sp³-hybridized carbons (Fsp3) is 1.00. The van der Waals surface area contributed by atoms with Gasteiger partial charge in [-0.15, -0.1) is 0 Å². The molecule has 1 N–H and O–H groups in total. The van der Waals surface area contributed by atoms with Crippen LogP contribution >= 0.6 is 11.8 Å². The lowest BCUT2D eigenvalue weighted by Gasteiger charge is -2.03. The summed E-state index contributed by atoms with van der Waals surface area (Å²) in [5, 5.41) is 3.48. The van der Waals surface area contributed by atoms with E-state index in [-0.39, 0.29) is 0 Å². The van der Waals surface area contributed by atoms with Crippen molar-refractivity contribution in [3.05, 3.63) is 0 Å². The first-order chi connectivity index (χ1) is 6.41. The molecule has 0 aliphatic carbocycles. The fourth-order valence-electron chi connectivity index (χ4n) is 1.19. The summed E-state index contributed by atoms with van der Waals surface area (Å²) in [4.78, 5) is 0. The molecule has 0 aromatic rings. The van der Waals surface area contributed by atoms with E-state index in [1.54, 1.807) is 0 Å². The Kier molecular flexibility index (Phi) is 12.6. The third-order valence-electron chi connectivity index (χ3n) is 1.98. The number of thioether (sulfide) groups is 1. The first-order valence-corrected chi connectivity index (χ1v) is 6.85. The van der Waals surface area contributed by atoms with Gasteiger partial charge in [0.1, 0.15) is 0 Å². The highest BCUT2D eigenvalue weighted by molar-refractivity contribution is 7.99. The van der Waals surface area contributed by atoms with Crippen molar-refractivity contribution in [3.63, 3.8) is 0 Å². The molecule has 0 aliphatic rings. The number of nitrogens with one attached hydrogen (secondary N) is 1. The third kappa shape index (κ3) is 12.3. The monoisotopic (exact) mass is 203 g/mol. The van der Waals surface area contributed by atoms with E-state index in [1.807, 2.05) is 0 Å². The molecule has 1 nitrogen and oxygen atoms in total. The van der Waals surface area contributed by atoms with Crippen molar-refractivity contribution in [2.45, 2.75) is 46.0 Å². The van der Waals surface area contributed by atoms with Crippen LogP contribution in [-0.2, 0) is 0 Å². The van der Waals surface area contributed by atoms with Crippen LogP contribution in [0.1, 0.15) is 46.0 Å². The molecule has 0 radical (unpaired) electrons. The van der Waals surface area contributed by atoms with Crippen LogP contribution in [0, 0.1) is 0 Å². The Labute approximate surface area is 88.1 Å². The highest BCUT2D eigenvalue weighted by atomic mass is 32.2. The Morgan fingerprint density at radius 1 is 0.846 bits per heavy atom. The molecule has 0 unspecified atom stereocenters. The standard InChI is InChI=1S/C11H25NS/c1-3-5-6-7-8-12-9-11-13-10-4-2/h12H,3-11H2,1-2H3. The van der Waals surface area contributed by atoms with E-state index in [9.17, 15) is 0 Å². The summed E-state index contributed by atoms with van der Waals surface area (Å²) in [5.41, 5.74) is 0. The molecule has 0 fully saturated rings. The van der Waals surface area contributed by atoms with Gasteiger partial charge in [0, 0.05) is 12.3 Å². The molecule has 0 bridgehead atoms. The zero-order valence-electron chi connectivity index (χ0n) is 9.27. The summed E-state index contributed by atoms with van der Waals surface area (Å²) in [5.74, 6) is 2.60. The first-order valence-electron chi connectivity index (χ1n) is 5.70. The molecule has 0 aromatic heterocycles. The second-order valence-corrected chi connectivity index (χ2v) is 4.65. The maximum Gasteiger partial charge on any atom is 0.00580 e. The normalized spacial score (nSPS) is 10.6. The summed E-state index contributed by atoms with van der Waals surface area (Å²) < 4.78 is 0. The van der Waals surface area contributed by atoms with Gasteiger partial charge < -0.3 is 5.32 Å². The first kappa shape index (κ1) is 13.3. The van der Waals surface area contributed by atoms with Gasteiger partial charge in [0.25, 0.3) is 0 Å². The molecule has 0 spiro atoms. The van der Waals surface area contributed by atoms with Crippen molar-refractivity contribution in [3.8, 4) is 0 Å². The number of unbranched alkanes of at least 4 members (excludes halogenated alkanes) is 3. The zero-order chi connectivity index (χ0) is 9.78. The molecule has 0 rings (SSSR count). The van der Waals surface area contributed by atoms with Gasteiger partial charge in [0.05, 0.1) is 0 Å². The Balaban J connectivity index is 2.76. The number of hydrogen-bond acceptors (Lipinski definition) is 2. The van der Waals surface area contributed by atoms with Crippen LogP contribution in [-0.4, -0.2) is 24.6 Å². The Bertz CT molecular complexity index is 76.2. The molecule has 2 heteroatoms. The van der Waals surface area contributed by atoms with Crippen molar-refractivity contribution in [1.82, 2.24) is 5.32 Å². The van der Waals surface area contributed by atoms with Gasteiger partial charge in [-0.2, -0.15) is 11.8 Å². The fourth-order valence-corrected chi connectivity index (χ4v) is 1.97. The molecule has 0 heterocycles. The maximum atomic E-state index is 3.48. The van der Waals surface area contributed by atoms with Crippen LogP contribution in [0.3, 0.4) is 0 Å². The quantitative estimate of drug-likeness (QED) is 0.547. The molecule has 0 atom stereocenters. The van der Waals surface area contributed by atoms with Crippen LogP contribution in [0.2, 0.25) is 0 Å². The summed E-state index contributed by atoms with van der Waals surface area (Å²) in [7, 11) is 0. The van der Waals surface area contributed by atoms with Gasteiger partial charge in [0.15, 0.2) is 0 Å². The van der Waals surface area contributed by atoms with Crippen LogP contribution in [0.25, 0.3) is 0 Å². The van der Waals surface area contributed by atoms with Crippen molar-refractivity contribution >= 4 is 11.8 Å². The van der Waals surface area contributed by atoms with Gasteiger partial charge in [-0.25, -0.2) is 0 Å². The molecular weight excluding hydrogens is 178 g/mol. The van der Waals surface area contributed by atoms with Crippen LogP contribution in [0.15, 0.2) is 0 Å². The van der Waals surface area contributed by atoms with Gasteiger partial charge >= 0.3 is 0 Å². The van der Waals surface area contributed by atoms with Crippen LogP contribution in [0.4, 0.5) is 0 Å². The van der Waals surface area contributed by atoms with Gasteiger partial charge in [-0.05, 0) is 25.1 Å². The maximum absolute atomic E-state index is 3.48. The largest absolute Gasteiger partial charge is 0.316 e. The summed E-state index contributed by atoms with van der Waals surface area (Å²) in [6.45, 7) is 6.91. The van der Waals surface area contributed by atoms with E-state index in [1.165, 1.54) is 56.7 Å². The molecule has 0 aromatic carbocycles. The zero-order valence-corrected chi connectivity index (χ0v) is 10.1. The van der Waals surface area contributed by atoms with Gasteiger partial charge in [-0.3, -0.25) is 0 Å². The molecular formula is C11H25NS. The van der Waals surface area contributed by atoms with Crippen LogP contribution in [0.5, 0.6) is 0 Å². The van der Waals surface area contributed by atoms with E-state index in [0.717, 1.165) is 0 Å². The number of hydrogen-bond donors (Lipinski definition) is 1. The van der Waals surface area contributed by atoms with Gasteiger partial charge in [0.2, 0.25) is 0 Å². The Hall–Kier alpha value is 0.310. The minimum Gasteiger partial charge on any atom is -0.316 e. The van der Waals surface area contributed by atoms with E-state index < -0.39 is 0 Å². The average molecular weight is 203 g/mol. The van der Waals surface area contributed by atoms with Crippen molar-refractivity contribution in [1.29, 1.82) is 0 Å². The highest BCUT2D eigenvalue weighted by Gasteiger charge is 1.89. The molecule has 0 saturated heterocycles. The lowest BCUT2D eigenvalue weighted by Crippen LogP contribution is -2.18. The molecule has 13 heavy (non-hydrogen) atoms. The number of rotatable bonds is 10.